The van der Waals surface area contributed by atoms with E-state index in [1.54, 1.807) is 39.0 Å². The molecule has 21 heavy (non-hydrogen) atoms. The van der Waals surface area contributed by atoms with Crippen LogP contribution in [0.3, 0.4) is 0 Å². The summed E-state index contributed by atoms with van der Waals surface area (Å²) < 4.78 is 5.16. The summed E-state index contributed by atoms with van der Waals surface area (Å²) in [7, 11) is 0. The summed E-state index contributed by atoms with van der Waals surface area (Å²) in [5.41, 5.74) is 1.26. The summed E-state index contributed by atoms with van der Waals surface area (Å²) in [6, 6.07) is 5.08. The van der Waals surface area contributed by atoms with Crippen LogP contribution in [-0.2, 0) is 9.53 Å². The summed E-state index contributed by atoms with van der Waals surface area (Å²) in [6.07, 6.45) is -1.67. The van der Waals surface area contributed by atoms with E-state index in [-0.39, 0.29) is 0 Å². The average Bonchev–Trinajstić information content (AvgIpc) is 2.24. The van der Waals surface area contributed by atoms with E-state index in [0.29, 0.717) is 11.4 Å². The van der Waals surface area contributed by atoms with Gasteiger partial charge in [-0.25, -0.2) is 4.79 Å². The minimum Gasteiger partial charge on any atom is -0.444 e. The quantitative estimate of drug-likeness (QED) is 0.799. The maximum absolute atomic E-state index is 11.7. The molecular formula is C15H22N2O4. The molecule has 116 valence electrons. The van der Waals surface area contributed by atoms with Gasteiger partial charge in [-0.1, -0.05) is 0 Å². The summed E-state index contributed by atoms with van der Waals surface area (Å²) >= 11 is 0. The molecule has 0 aromatic heterocycles. The molecule has 0 fully saturated rings. The normalized spacial score (nSPS) is 12.5. The van der Waals surface area contributed by atoms with Crippen LogP contribution >= 0.6 is 0 Å². The van der Waals surface area contributed by atoms with Gasteiger partial charge >= 0.3 is 6.09 Å². The second-order valence-electron chi connectivity index (χ2n) is 5.88. The SMILES string of the molecule is Cc1cc(NC(=O)OC(C)(C)C)cc(NC(=O)[C@H](C)O)c1. The Morgan fingerprint density at radius 2 is 1.67 bits per heavy atom. The zero-order valence-electron chi connectivity index (χ0n) is 13.0. The van der Waals surface area contributed by atoms with Gasteiger partial charge in [0.25, 0.3) is 5.91 Å². The molecule has 0 heterocycles. The van der Waals surface area contributed by atoms with E-state index >= 15 is 0 Å². The standard InChI is InChI=1S/C15H22N2O4/c1-9-6-11(16-13(19)10(2)18)8-12(7-9)17-14(20)21-15(3,4)5/h6-8,10,18H,1-5H3,(H,16,19)(H,17,20)/t10-/m0/s1. The number of carbonyl (C=O) groups excluding carboxylic acids is 2. The molecule has 6 nitrogen and oxygen atoms in total. The van der Waals surface area contributed by atoms with Crippen LogP contribution in [-0.4, -0.2) is 28.8 Å². The molecule has 1 aromatic rings. The van der Waals surface area contributed by atoms with Crippen LogP contribution in [0.15, 0.2) is 18.2 Å². The second kappa shape index (κ2) is 6.58. The van der Waals surface area contributed by atoms with E-state index < -0.39 is 23.7 Å². The lowest BCUT2D eigenvalue weighted by molar-refractivity contribution is -0.123. The number of aryl methyl sites for hydroxylation is 1. The zero-order valence-corrected chi connectivity index (χ0v) is 13.0. The first-order valence-electron chi connectivity index (χ1n) is 6.67. The van der Waals surface area contributed by atoms with E-state index in [4.69, 9.17) is 4.74 Å². The van der Waals surface area contributed by atoms with Gasteiger partial charge in [0.15, 0.2) is 0 Å². The Balaban J connectivity index is 2.82. The molecule has 6 heteroatoms. The van der Waals surface area contributed by atoms with Gasteiger partial charge in [0.1, 0.15) is 11.7 Å². The molecule has 0 aliphatic rings. The van der Waals surface area contributed by atoms with Gasteiger partial charge in [-0.15, -0.1) is 0 Å². The monoisotopic (exact) mass is 294 g/mol. The first-order chi connectivity index (χ1) is 9.56. The summed E-state index contributed by atoms with van der Waals surface area (Å²) in [4.78, 5) is 23.2. The molecule has 0 aliphatic carbocycles. The predicted octanol–water partition coefficient (Wildman–Crippen LogP) is 2.66. The molecule has 3 N–H and O–H groups in total. The van der Waals surface area contributed by atoms with E-state index in [1.165, 1.54) is 6.92 Å². The Morgan fingerprint density at radius 3 is 2.14 bits per heavy atom. The number of hydrogen-bond acceptors (Lipinski definition) is 4. The van der Waals surface area contributed by atoms with Gasteiger partial charge in [0.05, 0.1) is 0 Å². The number of benzene rings is 1. The van der Waals surface area contributed by atoms with Gasteiger partial charge in [0.2, 0.25) is 0 Å². The molecule has 0 aliphatic heterocycles. The van der Waals surface area contributed by atoms with Crippen molar-refractivity contribution in [3.05, 3.63) is 23.8 Å². The lowest BCUT2D eigenvalue weighted by Crippen LogP contribution is -2.27. The van der Waals surface area contributed by atoms with Crippen LogP contribution in [0.4, 0.5) is 16.2 Å². The number of carbonyl (C=O) groups is 2. The van der Waals surface area contributed by atoms with Crippen molar-refractivity contribution in [3.8, 4) is 0 Å². The van der Waals surface area contributed by atoms with Crippen molar-refractivity contribution >= 4 is 23.4 Å². The molecule has 1 atom stereocenters. The lowest BCUT2D eigenvalue weighted by atomic mass is 10.2. The van der Waals surface area contributed by atoms with Crippen molar-refractivity contribution in [2.75, 3.05) is 10.6 Å². The minimum atomic E-state index is -1.10. The molecule has 0 unspecified atom stereocenters. The Kier molecular flexibility index (Phi) is 5.32. The van der Waals surface area contributed by atoms with E-state index in [0.717, 1.165) is 5.56 Å². The number of hydrogen-bond donors (Lipinski definition) is 3. The first kappa shape index (κ1) is 17.0. The van der Waals surface area contributed by atoms with E-state index in [1.807, 2.05) is 6.92 Å². The third kappa shape index (κ3) is 6.27. The molecule has 1 rings (SSSR count). The van der Waals surface area contributed by atoms with Crippen LogP contribution in [0.1, 0.15) is 33.3 Å². The highest BCUT2D eigenvalue weighted by Crippen LogP contribution is 2.20. The number of rotatable bonds is 3. The Morgan fingerprint density at radius 1 is 1.14 bits per heavy atom. The Hall–Kier alpha value is -2.08. The third-order valence-electron chi connectivity index (χ3n) is 2.37. The predicted molar refractivity (Wildman–Crippen MR) is 81.3 cm³/mol. The highest BCUT2D eigenvalue weighted by molar-refractivity contribution is 5.95. The highest BCUT2D eigenvalue weighted by Gasteiger charge is 2.16. The average molecular weight is 294 g/mol. The first-order valence-corrected chi connectivity index (χ1v) is 6.67. The number of aliphatic hydroxyl groups is 1. The van der Waals surface area contributed by atoms with Crippen molar-refractivity contribution in [1.29, 1.82) is 0 Å². The molecule has 0 saturated heterocycles. The van der Waals surface area contributed by atoms with Crippen LogP contribution in [0.2, 0.25) is 0 Å². The lowest BCUT2D eigenvalue weighted by Gasteiger charge is -2.20. The van der Waals surface area contributed by atoms with Crippen molar-refractivity contribution < 1.29 is 19.4 Å². The van der Waals surface area contributed by atoms with Crippen molar-refractivity contribution in [3.63, 3.8) is 0 Å². The number of nitrogens with one attached hydrogen (secondary N) is 2. The summed E-state index contributed by atoms with van der Waals surface area (Å²) in [5.74, 6) is -0.510. The van der Waals surface area contributed by atoms with E-state index in [9.17, 15) is 14.7 Å². The number of aliphatic hydroxyl groups excluding tert-OH is 1. The van der Waals surface area contributed by atoms with Crippen LogP contribution in [0.25, 0.3) is 0 Å². The van der Waals surface area contributed by atoms with Gasteiger partial charge in [-0.3, -0.25) is 10.1 Å². The Labute approximate surface area is 124 Å². The zero-order chi connectivity index (χ0) is 16.2. The van der Waals surface area contributed by atoms with E-state index in [2.05, 4.69) is 10.6 Å². The van der Waals surface area contributed by atoms with Crippen LogP contribution in [0, 0.1) is 6.92 Å². The van der Waals surface area contributed by atoms with Crippen molar-refractivity contribution in [1.82, 2.24) is 0 Å². The minimum absolute atomic E-state index is 0.493. The number of anilines is 2. The third-order valence-corrected chi connectivity index (χ3v) is 2.37. The van der Waals surface area contributed by atoms with Gasteiger partial charge in [-0.05, 0) is 58.4 Å². The smallest absolute Gasteiger partial charge is 0.412 e. The maximum Gasteiger partial charge on any atom is 0.412 e. The maximum atomic E-state index is 11.7. The Bertz CT molecular complexity index is 533. The van der Waals surface area contributed by atoms with Crippen molar-refractivity contribution in [2.24, 2.45) is 0 Å². The summed E-state index contributed by atoms with van der Waals surface area (Å²) in [6.45, 7) is 8.54. The molecular weight excluding hydrogens is 272 g/mol. The highest BCUT2D eigenvalue weighted by atomic mass is 16.6. The summed E-state index contributed by atoms with van der Waals surface area (Å²) in [5, 5.41) is 14.4. The molecule has 2 amide bonds. The number of amides is 2. The van der Waals surface area contributed by atoms with Crippen molar-refractivity contribution in [2.45, 2.75) is 46.3 Å². The van der Waals surface area contributed by atoms with Crippen LogP contribution in [0.5, 0.6) is 0 Å². The molecule has 1 aromatic carbocycles. The fourth-order valence-corrected chi connectivity index (χ4v) is 1.60. The molecule has 0 bridgehead atoms. The van der Waals surface area contributed by atoms with Gasteiger partial charge in [-0.2, -0.15) is 0 Å². The molecule has 0 spiro atoms. The largest absolute Gasteiger partial charge is 0.444 e. The van der Waals surface area contributed by atoms with Crippen LogP contribution < -0.4 is 10.6 Å². The molecule has 0 saturated carbocycles. The second-order valence-corrected chi connectivity index (χ2v) is 5.88. The molecule has 0 radical (unpaired) electrons. The topological polar surface area (TPSA) is 87.7 Å². The fourth-order valence-electron chi connectivity index (χ4n) is 1.60. The fraction of sp³-hybridized carbons (Fsp3) is 0.467. The van der Waals surface area contributed by atoms with Gasteiger partial charge < -0.3 is 15.2 Å². The number of ether oxygens (including phenoxy) is 1. The van der Waals surface area contributed by atoms with Gasteiger partial charge in [0, 0.05) is 11.4 Å².